The fourth-order valence-corrected chi connectivity index (χ4v) is 4.52. The van der Waals surface area contributed by atoms with E-state index in [-0.39, 0.29) is 43.7 Å². The van der Waals surface area contributed by atoms with E-state index in [1.165, 1.54) is 21.3 Å². The second-order valence-corrected chi connectivity index (χ2v) is 11.2. The van der Waals surface area contributed by atoms with Crippen LogP contribution >= 0.6 is 11.6 Å². The van der Waals surface area contributed by atoms with Crippen LogP contribution in [0.2, 0.25) is 5.02 Å². The van der Waals surface area contributed by atoms with Crippen LogP contribution in [0.15, 0.2) is 48.5 Å². The van der Waals surface area contributed by atoms with Crippen molar-refractivity contribution in [3.05, 3.63) is 64.9 Å². The summed E-state index contributed by atoms with van der Waals surface area (Å²) in [7, 11) is -3.58. The third-order valence-electron chi connectivity index (χ3n) is 5.38. The number of rotatable bonds is 12. The Hall–Kier alpha value is -2.65. The molecule has 0 aliphatic rings. The van der Waals surface area contributed by atoms with Gasteiger partial charge in [-0.05, 0) is 61.2 Å². The van der Waals surface area contributed by atoms with E-state index in [9.17, 15) is 22.4 Å². The summed E-state index contributed by atoms with van der Waals surface area (Å²) in [5, 5.41) is 3.33. The molecule has 0 saturated heterocycles. The minimum absolute atomic E-state index is 0.0304. The van der Waals surface area contributed by atoms with Gasteiger partial charge in [-0.25, -0.2) is 12.8 Å². The minimum atomic E-state index is -3.58. The molecule has 0 radical (unpaired) electrons. The number of halogens is 2. The number of nitrogens with zero attached hydrogens (tertiary/aromatic N) is 2. The Morgan fingerprint density at radius 3 is 2.17 bits per heavy atom. The van der Waals surface area contributed by atoms with Gasteiger partial charge in [0.15, 0.2) is 0 Å². The molecule has 2 aromatic rings. The highest BCUT2D eigenvalue weighted by atomic mass is 35.5. The number of hydrogen-bond acceptors (Lipinski definition) is 4. The second kappa shape index (κ2) is 12.9. The largest absolute Gasteiger partial charge is 0.354 e. The van der Waals surface area contributed by atoms with Gasteiger partial charge in [0.2, 0.25) is 21.8 Å². The average Bonchev–Trinajstić information content (AvgIpc) is 2.79. The zero-order valence-corrected chi connectivity index (χ0v) is 22.1. The number of amides is 2. The molecule has 0 fully saturated rings. The topological polar surface area (TPSA) is 86.8 Å². The first kappa shape index (κ1) is 28.6. The van der Waals surface area contributed by atoms with E-state index >= 15 is 0 Å². The van der Waals surface area contributed by atoms with Gasteiger partial charge in [0, 0.05) is 31.1 Å². The van der Waals surface area contributed by atoms with E-state index in [2.05, 4.69) is 5.32 Å². The predicted octanol–water partition coefficient (Wildman–Crippen LogP) is 4.21. The van der Waals surface area contributed by atoms with Gasteiger partial charge in [0.25, 0.3) is 0 Å². The van der Waals surface area contributed by atoms with E-state index in [4.69, 9.17) is 11.6 Å². The van der Waals surface area contributed by atoms with Crippen molar-refractivity contribution in [3.8, 4) is 0 Å². The molecule has 10 heteroatoms. The summed E-state index contributed by atoms with van der Waals surface area (Å²) in [6.45, 7) is 6.29. The van der Waals surface area contributed by atoms with Crippen LogP contribution in [0.1, 0.15) is 39.2 Å². The fourth-order valence-electron chi connectivity index (χ4n) is 3.43. The molecule has 7 nitrogen and oxygen atoms in total. The lowest BCUT2D eigenvalue weighted by molar-refractivity contribution is -0.140. The van der Waals surface area contributed by atoms with Crippen molar-refractivity contribution in [2.45, 2.75) is 46.2 Å². The molecule has 0 bridgehead atoms. The summed E-state index contributed by atoms with van der Waals surface area (Å²) in [6.07, 6.45) is 1.38. The Morgan fingerprint density at radius 1 is 1.03 bits per heavy atom. The highest BCUT2D eigenvalue weighted by molar-refractivity contribution is 7.92. The summed E-state index contributed by atoms with van der Waals surface area (Å²) in [4.78, 5) is 27.3. The van der Waals surface area contributed by atoms with Gasteiger partial charge in [-0.3, -0.25) is 13.9 Å². The van der Waals surface area contributed by atoms with Gasteiger partial charge >= 0.3 is 0 Å². The minimum Gasteiger partial charge on any atom is -0.354 e. The molecule has 35 heavy (non-hydrogen) atoms. The van der Waals surface area contributed by atoms with E-state index in [1.54, 1.807) is 43.3 Å². The zero-order valence-electron chi connectivity index (χ0n) is 20.5. The normalized spacial score (nSPS) is 12.3. The Balaban J connectivity index is 2.14. The van der Waals surface area contributed by atoms with Crippen molar-refractivity contribution in [1.29, 1.82) is 0 Å². The number of benzene rings is 2. The Kier molecular flexibility index (Phi) is 10.5. The highest BCUT2D eigenvalue weighted by Crippen LogP contribution is 2.21. The number of sulfonamides is 1. The maximum atomic E-state index is 13.3. The van der Waals surface area contributed by atoms with Crippen LogP contribution in [0.3, 0.4) is 0 Å². The lowest BCUT2D eigenvalue weighted by Gasteiger charge is -2.29. The smallest absolute Gasteiger partial charge is 0.242 e. The maximum absolute atomic E-state index is 13.3. The Labute approximate surface area is 212 Å². The molecule has 0 aliphatic heterocycles. The van der Waals surface area contributed by atoms with Crippen molar-refractivity contribution in [3.63, 3.8) is 0 Å². The maximum Gasteiger partial charge on any atom is 0.242 e. The van der Waals surface area contributed by atoms with Crippen molar-refractivity contribution >= 4 is 39.1 Å². The average molecular weight is 526 g/mol. The number of carbonyl (C=O) groups is 2. The quantitative estimate of drug-likeness (QED) is 0.449. The van der Waals surface area contributed by atoms with E-state index < -0.39 is 21.9 Å². The predicted molar refractivity (Wildman–Crippen MR) is 137 cm³/mol. The number of nitrogens with one attached hydrogen (secondary N) is 1. The van der Waals surface area contributed by atoms with E-state index in [1.807, 2.05) is 13.8 Å². The fraction of sp³-hybridized carbons (Fsp3) is 0.440. The Morgan fingerprint density at radius 2 is 1.63 bits per heavy atom. The lowest BCUT2D eigenvalue weighted by atomic mass is 10.1. The molecule has 0 aliphatic carbocycles. The first-order chi connectivity index (χ1) is 16.4. The highest BCUT2D eigenvalue weighted by Gasteiger charge is 2.26. The van der Waals surface area contributed by atoms with E-state index in [0.717, 1.165) is 6.26 Å². The SMILES string of the molecule is CC(C)CNC(=O)[C@H](C)N(Cc1ccc(F)cc1)C(=O)CCCN(c1ccc(Cl)cc1)S(C)(=O)=O. The van der Waals surface area contributed by atoms with Gasteiger partial charge in [-0.15, -0.1) is 0 Å². The molecule has 0 heterocycles. The van der Waals surface area contributed by atoms with Crippen molar-refractivity contribution < 1.29 is 22.4 Å². The molecule has 0 unspecified atom stereocenters. The molecule has 1 atom stereocenters. The van der Waals surface area contributed by atoms with Gasteiger partial charge in [0.1, 0.15) is 11.9 Å². The molecule has 192 valence electrons. The molecule has 1 N–H and O–H groups in total. The number of carbonyl (C=O) groups excluding carboxylic acids is 2. The van der Waals surface area contributed by atoms with Crippen LogP contribution in [-0.4, -0.2) is 50.5 Å². The van der Waals surface area contributed by atoms with Crippen molar-refractivity contribution in [2.24, 2.45) is 5.92 Å². The summed E-state index contributed by atoms with van der Waals surface area (Å²) in [6, 6.07) is 11.4. The summed E-state index contributed by atoms with van der Waals surface area (Å²) >= 11 is 5.91. The Bertz CT molecular complexity index is 1090. The van der Waals surface area contributed by atoms with Gasteiger partial charge in [-0.2, -0.15) is 0 Å². The van der Waals surface area contributed by atoms with Gasteiger partial charge in [0.05, 0.1) is 11.9 Å². The monoisotopic (exact) mass is 525 g/mol. The molecule has 0 aromatic heterocycles. The second-order valence-electron chi connectivity index (χ2n) is 8.88. The molecule has 0 spiro atoms. The molecule has 0 saturated carbocycles. The third kappa shape index (κ3) is 9.14. The standard InChI is InChI=1S/C25H33ClFN3O4S/c1-18(2)16-28-25(32)19(3)29(17-20-7-11-22(27)12-8-20)24(31)6-5-15-30(35(4,33)34)23-13-9-21(26)10-14-23/h7-14,18-19H,5-6,15-17H2,1-4H3,(H,28,32)/t19-/m0/s1. The van der Waals surface area contributed by atoms with Crippen LogP contribution in [0.5, 0.6) is 0 Å². The molecule has 2 aromatic carbocycles. The summed E-state index contributed by atoms with van der Waals surface area (Å²) < 4.78 is 39.2. The van der Waals surface area contributed by atoms with Crippen LogP contribution in [-0.2, 0) is 26.2 Å². The van der Waals surface area contributed by atoms with Gasteiger partial charge < -0.3 is 10.2 Å². The van der Waals surface area contributed by atoms with Crippen LogP contribution in [0, 0.1) is 11.7 Å². The van der Waals surface area contributed by atoms with Crippen LogP contribution in [0.25, 0.3) is 0 Å². The first-order valence-corrected chi connectivity index (χ1v) is 13.7. The lowest BCUT2D eigenvalue weighted by Crippen LogP contribution is -2.48. The van der Waals surface area contributed by atoms with E-state index in [0.29, 0.717) is 22.8 Å². The van der Waals surface area contributed by atoms with Crippen molar-refractivity contribution in [1.82, 2.24) is 10.2 Å². The molecular formula is C25H33ClFN3O4S. The molecular weight excluding hydrogens is 493 g/mol. The number of anilines is 1. The van der Waals surface area contributed by atoms with Crippen LogP contribution < -0.4 is 9.62 Å². The summed E-state index contributed by atoms with van der Waals surface area (Å²) in [5.74, 6) is -0.723. The first-order valence-electron chi connectivity index (χ1n) is 11.4. The zero-order chi connectivity index (χ0) is 26.2. The number of hydrogen-bond donors (Lipinski definition) is 1. The van der Waals surface area contributed by atoms with Gasteiger partial charge in [-0.1, -0.05) is 37.6 Å². The molecule has 2 rings (SSSR count). The van der Waals surface area contributed by atoms with Crippen molar-refractivity contribution in [2.75, 3.05) is 23.7 Å². The molecule has 2 amide bonds. The summed E-state index contributed by atoms with van der Waals surface area (Å²) in [5.41, 5.74) is 1.14. The van der Waals surface area contributed by atoms with Crippen LogP contribution in [0.4, 0.5) is 10.1 Å². The third-order valence-corrected chi connectivity index (χ3v) is 6.83.